The lowest BCUT2D eigenvalue weighted by molar-refractivity contribution is -0.117. The molecule has 0 atom stereocenters. The standard InChI is InChI=1S/C16H22O2/c1-6-13(17)10-15(18)14-9-12(16(3,4)5)8-7-11(14)2/h7-9H,6,10H2,1-5H3. The number of aryl methyl sites for hydroxylation is 1. The summed E-state index contributed by atoms with van der Waals surface area (Å²) in [5, 5.41) is 0. The van der Waals surface area contributed by atoms with Gasteiger partial charge in [-0.15, -0.1) is 0 Å². The molecule has 0 amide bonds. The maximum absolute atomic E-state index is 12.1. The zero-order valence-corrected chi connectivity index (χ0v) is 12.0. The Morgan fingerprint density at radius 3 is 2.28 bits per heavy atom. The lowest BCUT2D eigenvalue weighted by atomic mass is 9.84. The lowest BCUT2D eigenvalue weighted by Gasteiger charge is -2.20. The molecule has 2 heteroatoms. The Morgan fingerprint density at radius 2 is 1.78 bits per heavy atom. The number of hydrogen-bond donors (Lipinski definition) is 0. The molecular weight excluding hydrogens is 224 g/mol. The summed E-state index contributed by atoms with van der Waals surface area (Å²) in [5.74, 6) is -0.0639. The Balaban J connectivity index is 3.08. The molecule has 1 aromatic rings. The fourth-order valence-corrected chi connectivity index (χ4v) is 1.79. The van der Waals surface area contributed by atoms with E-state index in [1.54, 1.807) is 6.92 Å². The molecule has 0 aromatic heterocycles. The highest BCUT2D eigenvalue weighted by Gasteiger charge is 2.18. The highest BCUT2D eigenvalue weighted by atomic mass is 16.1. The van der Waals surface area contributed by atoms with E-state index in [9.17, 15) is 9.59 Å². The maximum atomic E-state index is 12.1. The average molecular weight is 246 g/mol. The SMILES string of the molecule is CCC(=O)CC(=O)c1cc(C(C)(C)C)ccc1C. The third kappa shape index (κ3) is 3.52. The van der Waals surface area contributed by atoms with E-state index in [0.29, 0.717) is 12.0 Å². The van der Waals surface area contributed by atoms with Gasteiger partial charge in [0.2, 0.25) is 0 Å². The van der Waals surface area contributed by atoms with Crippen LogP contribution in [-0.4, -0.2) is 11.6 Å². The van der Waals surface area contributed by atoms with Gasteiger partial charge in [0.25, 0.3) is 0 Å². The van der Waals surface area contributed by atoms with Gasteiger partial charge in [-0.05, 0) is 29.5 Å². The molecule has 0 radical (unpaired) electrons. The Morgan fingerprint density at radius 1 is 1.17 bits per heavy atom. The fourth-order valence-electron chi connectivity index (χ4n) is 1.79. The molecule has 18 heavy (non-hydrogen) atoms. The van der Waals surface area contributed by atoms with Gasteiger partial charge in [-0.25, -0.2) is 0 Å². The third-order valence-corrected chi connectivity index (χ3v) is 3.16. The van der Waals surface area contributed by atoms with Crippen molar-refractivity contribution < 1.29 is 9.59 Å². The molecule has 0 bridgehead atoms. The van der Waals surface area contributed by atoms with Gasteiger partial charge >= 0.3 is 0 Å². The fraction of sp³-hybridized carbons (Fsp3) is 0.500. The van der Waals surface area contributed by atoms with Crippen molar-refractivity contribution in [1.82, 2.24) is 0 Å². The topological polar surface area (TPSA) is 34.1 Å². The number of carbonyl (C=O) groups is 2. The average Bonchev–Trinajstić information content (AvgIpc) is 2.27. The number of benzene rings is 1. The Labute approximate surface area is 109 Å². The summed E-state index contributed by atoms with van der Waals surface area (Å²) in [6.07, 6.45) is 0.439. The number of carbonyl (C=O) groups excluding carboxylic acids is 2. The van der Waals surface area contributed by atoms with Crippen LogP contribution in [0.1, 0.15) is 62.0 Å². The normalized spacial score (nSPS) is 11.4. The summed E-state index contributed by atoms with van der Waals surface area (Å²) in [4.78, 5) is 23.5. The molecule has 98 valence electrons. The first-order valence-corrected chi connectivity index (χ1v) is 6.41. The molecule has 0 spiro atoms. The van der Waals surface area contributed by atoms with Crippen LogP contribution < -0.4 is 0 Å². The summed E-state index contributed by atoms with van der Waals surface area (Å²) in [6, 6.07) is 5.94. The zero-order valence-electron chi connectivity index (χ0n) is 12.0. The highest BCUT2D eigenvalue weighted by molar-refractivity contribution is 6.08. The number of Topliss-reactive ketones (excluding diaryl/α,β-unsaturated/α-hetero) is 2. The van der Waals surface area contributed by atoms with Crippen molar-refractivity contribution in [3.63, 3.8) is 0 Å². The first kappa shape index (κ1) is 14.6. The van der Waals surface area contributed by atoms with Crippen LogP contribution in [0, 0.1) is 6.92 Å². The van der Waals surface area contributed by atoms with Gasteiger partial charge in [-0.3, -0.25) is 9.59 Å². The molecule has 1 rings (SSSR count). The molecule has 1 aromatic carbocycles. The van der Waals surface area contributed by atoms with Gasteiger partial charge in [0.05, 0.1) is 6.42 Å². The van der Waals surface area contributed by atoms with Gasteiger partial charge in [0.1, 0.15) is 5.78 Å². The highest BCUT2D eigenvalue weighted by Crippen LogP contribution is 2.25. The molecule has 0 aliphatic carbocycles. The number of ketones is 2. The van der Waals surface area contributed by atoms with Crippen LogP contribution in [0.3, 0.4) is 0 Å². The van der Waals surface area contributed by atoms with E-state index >= 15 is 0 Å². The van der Waals surface area contributed by atoms with Gasteiger partial charge in [0, 0.05) is 12.0 Å². The quantitative estimate of drug-likeness (QED) is 0.597. The summed E-state index contributed by atoms with van der Waals surface area (Å²) in [6.45, 7) is 10.0. The second-order valence-corrected chi connectivity index (χ2v) is 5.77. The Bertz CT molecular complexity index is 464. The molecular formula is C16H22O2. The maximum Gasteiger partial charge on any atom is 0.170 e. The van der Waals surface area contributed by atoms with E-state index in [2.05, 4.69) is 20.8 Å². The molecule has 0 saturated heterocycles. The van der Waals surface area contributed by atoms with Crippen LogP contribution in [0.4, 0.5) is 0 Å². The van der Waals surface area contributed by atoms with E-state index in [0.717, 1.165) is 11.1 Å². The van der Waals surface area contributed by atoms with Gasteiger partial charge in [-0.1, -0.05) is 39.8 Å². The predicted octanol–water partition coefficient (Wildman–Crippen LogP) is 3.84. The van der Waals surface area contributed by atoms with Crippen LogP contribution in [0.15, 0.2) is 18.2 Å². The largest absolute Gasteiger partial charge is 0.299 e. The molecule has 0 N–H and O–H groups in total. The minimum Gasteiger partial charge on any atom is -0.299 e. The van der Waals surface area contributed by atoms with E-state index < -0.39 is 0 Å². The molecule has 0 aliphatic heterocycles. The van der Waals surface area contributed by atoms with Crippen LogP contribution in [0.25, 0.3) is 0 Å². The van der Waals surface area contributed by atoms with E-state index in [1.807, 2.05) is 25.1 Å². The van der Waals surface area contributed by atoms with Crippen molar-refractivity contribution in [2.24, 2.45) is 0 Å². The molecule has 2 nitrogen and oxygen atoms in total. The summed E-state index contributed by atoms with van der Waals surface area (Å²) in [5.41, 5.74) is 2.76. The van der Waals surface area contributed by atoms with Crippen LogP contribution >= 0.6 is 0 Å². The summed E-state index contributed by atoms with van der Waals surface area (Å²) in [7, 11) is 0. The summed E-state index contributed by atoms with van der Waals surface area (Å²) >= 11 is 0. The van der Waals surface area contributed by atoms with Crippen molar-refractivity contribution in [3.8, 4) is 0 Å². The minimum atomic E-state index is -0.0644. The van der Waals surface area contributed by atoms with E-state index in [-0.39, 0.29) is 23.4 Å². The Hall–Kier alpha value is -1.44. The van der Waals surface area contributed by atoms with Crippen molar-refractivity contribution in [2.45, 2.75) is 52.9 Å². The second kappa shape index (κ2) is 5.47. The van der Waals surface area contributed by atoms with Crippen molar-refractivity contribution in [3.05, 3.63) is 34.9 Å². The predicted molar refractivity (Wildman–Crippen MR) is 74.1 cm³/mol. The molecule has 0 fully saturated rings. The smallest absolute Gasteiger partial charge is 0.170 e. The van der Waals surface area contributed by atoms with E-state index in [1.165, 1.54) is 0 Å². The first-order valence-electron chi connectivity index (χ1n) is 6.41. The molecule has 0 heterocycles. The van der Waals surface area contributed by atoms with Gasteiger partial charge < -0.3 is 0 Å². The van der Waals surface area contributed by atoms with E-state index in [4.69, 9.17) is 0 Å². The Kier molecular flexibility index (Phi) is 4.44. The van der Waals surface area contributed by atoms with Crippen LogP contribution in [0.5, 0.6) is 0 Å². The minimum absolute atomic E-state index is 0.000520. The number of hydrogen-bond acceptors (Lipinski definition) is 2. The molecule has 0 saturated carbocycles. The van der Waals surface area contributed by atoms with Crippen molar-refractivity contribution >= 4 is 11.6 Å². The van der Waals surface area contributed by atoms with Crippen LogP contribution in [0.2, 0.25) is 0 Å². The monoisotopic (exact) mass is 246 g/mol. The van der Waals surface area contributed by atoms with Crippen molar-refractivity contribution in [2.75, 3.05) is 0 Å². The first-order chi connectivity index (χ1) is 8.25. The van der Waals surface area contributed by atoms with Gasteiger partial charge in [-0.2, -0.15) is 0 Å². The zero-order chi connectivity index (χ0) is 13.9. The lowest BCUT2D eigenvalue weighted by Crippen LogP contribution is -2.14. The third-order valence-electron chi connectivity index (χ3n) is 3.16. The number of rotatable bonds is 4. The second-order valence-electron chi connectivity index (χ2n) is 5.77. The van der Waals surface area contributed by atoms with Gasteiger partial charge in [0.15, 0.2) is 5.78 Å². The molecule has 0 aliphatic rings. The van der Waals surface area contributed by atoms with Crippen LogP contribution in [-0.2, 0) is 10.2 Å². The molecule has 0 unspecified atom stereocenters. The summed E-state index contributed by atoms with van der Waals surface area (Å²) < 4.78 is 0. The van der Waals surface area contributed by atoms with Crippen molar-refractivity contribution in [1.29, 1.82) is 0 Å².